The summed E-state index contributed by atoms with van der Waals surface area (Å²) in [5, 5.41) is 8.92. The van der Waals surface area contributed by atoms with Crippen molar-refractivity contribution >= 4 is 15.9 Å². The van der Waals surface area contributed by atoms with Crippen molar-refractivity contribution in [2.45, 2.75) is 13.5 Å². The number of aliphatic hydroxyl groups is 1. The number of benzene rings is 1. The maximum absolute atomic E-state index is 13.2. The molecule has 0 spiro atoms. The Balaban J connectivity index is 2.51. The number of hydrogen-bond donors (Lipinski definition) is 2. The Bertz CT molecular complexity index is 525. The van der Waals surface area contributed by atoms with Crippen molar-refractivity contribution in [2.75, 3.05) is 0 Å². The van der Waals surface area contributed by atoms with E-state index in [-0.39, 0.29) is 12.4 Å². The first-order valence-corrected chi connectivity index (χ1v) is 5.52. The number of nitrogens with zero attached hydrogens (tertiary/aromatic N) is 1. The van der Waals surface area contributed by atoms with E-state index in [1.54, 1.807) is 19.2 Å². The summed E-state index contributed by atoms with van der Waals surface area (Å²) in [6, 6.07) is 3.12. The van der Waals surface area contributed by atoms with Gasteiger partial charge in [0, 0.05) is 10.0 Å². The molecule has 5 heteroatoms. The molecule has 16 heavy (non-hydrogen) atoms. The van der Waals surface area contributed by atoms with Crippen LogP contribution in [0.1, 0.15) is 11.3 Å². The fourth-order valence-corrected chi connectivity index (χ4v) is 1.92. The summed E-state index contributed by atoms with van der Waals surface area (Å²) < 4.78 is 13.9. The first-order chi connectivity index (χ1) is 7.61. The largest absolute Gasteiger partial charge is 0.390 e. The minimum Gasteiger partial charge on any atom is -0.390 e. The lowest BCUT2D eigenvalue weighted by Gasteiger charge is -2.04. The summed E-state index contributed by atoms with van der Waals surface area (Å²) in [7, 11) is 0. The molecule has 0 unspecified atom stereocenters. The van der Waals surface area contributed by atoms with Gasteiger partial charge < -0.3 is 10.1 Å². The number of nitrogens with one attached hydrogen (secondary N) is 1. The van der Waals surface area contributed by atoms with E-state index in [0.29, 0.717) is 21.6 Å². The second kappa shape index (κ2) is 4.35. The Hall–Kier alpha value is -1.20. The van der Waals surface area contributed by atoms with Gasteiger partial charge in [-0.25, -0.2) is 9.37 Å². The van der Waals surface area contributed by atoms with Crippen molar-refractivity contribution in [2.24, 2.45) is 0 Å². The average molecular weight is 285 g/mol. The molecule has 1 aromatic heterocycles. The van der Waals surface area contributed by atoms with Gasteiger partial charge in [-0.2, -0.15) is 0 Å². The van der Waals surface area contributed by atoms with Gasteiger partial charge in [0.25, 0.3) is 0 Å². The summed E-state index contributed by atoms with van der Waals surface area (Å²) in [6.45, 7) is 1.60. The average Bonchev–Trinajstić information content (AvgIpc) is 2.71. The zero-order valence-corrected chi connectivity index (χ0v) is 10.2. The van der Waals surface area contributed by atoms with Gasteiger partial charge in [0.1, 0.15) is 11.6 Å². The van der Waals surface area contributed by atoms with Crippen LogP contribution in [0.3, 0.4) is 0 Å². The molecule has 0 saturated carbocycles. The Morgan fingerprint density at radius 3 is 2.88 bits per heavy atom. The van der Waals surface area contributed by atoms with E-state index < -0.39 is 0 Å². The SMILES string of the molecule is Cc1cc(-c2ncc(CO)[nH]2)c(Br)cc1F. The fraction of sp³-hybridized carbons (Fsp3) is 0.182. The van der Waals surface area contributed by atoms with Gasteiger partial charge in [-0.05, 0) is 40.5 Å². The summed E-state index contributed by atoms with van der Waals surface area (Å²) in [6.07, 6.45) is 1.56. The maximum atomic E-state index is 13.2. The third-order valence-corrected chi connectivity index (χ3v) is 2.96. The van der Waals surface area contributed by atoms with Crippen LogP contribution < -0.4 is 0 Å². The monoisotopic (exact) mass is 284 g/mol. The van der Waals surface area contributed by atoms with Crippen molar-refractivity contribution in [3.8, 4) is 11.4 Å². The Labute approximate surface area is 100 Å². The lowest BCUT2D eigenvalue weighted by molar-refractivity contribution is 0.277. The number of H-pyrrole nitrogens is 1. The molecule has 1 aromatic carbocycles. The normalized spacial score (nSPS) is 10.8. The number of aryl methyl sites for hydroxylation is 1. The van der Waals surface area contributed by atoms with Gasteiger partial charge in [0.2, 0.25) is 0 Å². The molecule has 3 nitrogen and oxygen atoms in total. The van der Waals surface area contributed by atoms with Crippen LogP contribution in [-0.2, 0) is 6.61 Å². The molecule has 0 aliphatic carbocycles. The van der Waals surface area contributed by atoms with E-state index >= 15 is 0 Å². The Morgan fingerprint density at radius 1 is 1.50 bits per heavy atom. The van der Waals surface area contributed by atoms with Crippen LogP contribution in [-0.4, -0.2) is 15.1 Å². The number of rotatable bonds is 2. The standard InChI is InChI=1S/C11H10BrFN2O/c1-6-2-8(9(12)3-10(6)13)11-14-4-7(5-16)15-11/h2-4,16H,5H2,1H3,(H,14,15). The smallest absolute Gasteiger partial charge is 0.138 e. The highest BCUT2D eigenvalue weighted by atomic mass is 79.9. The van der Waals surface area contributed by atoms with Crippen LogP contribution in [0, 0.1) is 12.7 Å². The minimum absolute atomic E-state index is 0.0925. The van der Waals surface area contributed by atoms with Gasteiger partial charge in [-0.1, -0.05) is 0 Å². The first kappa shape index (κ1) is 11.3. The second-order valence-corrected chi connectivity index (χ2v) is 4.35. The number of hydrogen-bond acceptors (Lipinski definition) is 2. The molecule has 2 rings (SSSR count). The van der Waals surface area contributed by atoms with Crippen LogP contribution in [0.5, 0.6) is 0 Å². The summed E-state index contributed by atoms with van der Waals surface area (Å²) in [5.74, 6) is 0.351. The predicted molar refractivity (Wildman–Crippen MR) is 62.3 cm³/mol. The van der Waals surface area contributed by atoms with Crippen LogP contribution in [0.25, 0.3) is 11.4 Å². The van der Waals surface area contributed by atoms with Crippen LogP contribution in [0.2, 0.25) is 0 Å². The molecule has 0 bridgehead atoms. The molecule has 0 atom stereocenters. The van der Waals surface area contributed by atoms with Crippen LogP contribution in [0.4, 0.5) is 4.39 Å². The van der Waals surface area contributed by atoms with Crippen molar-refractivity contribution in [3.05, 3.63) is 39.9 Å². The fourth-order valence-electron chi connectivity index (χ4n) is 1.42. The van der Waals surface area contributed by atoms with Crippen LogP contribution in [0.15, 0.2) is 22.8 Å². The highest BCUT2D eigenvalue weighted by molar-refractivity contribution is 9.10. The molecule has 2 aromatic rings. The number of aromatic amines is 1. The molecule has 0 amide bonds. The number of imidazole rings is 1. The highest BCUT2D eigenvalue weighted by Gasteiger charge is 2.10. The van der Waals surface area contributed by atoms with E-state index in [1.165, 1.54) is 6.07 Å². The van der Waals surface area contributed by atoms with Gasteiger partial charge in [-0.3, -0.25) is 0 Å². The van der Waals surface area contributed by atoms with Gasteiger partial charge in [0.05, 0.1) is 18.5 Å². The van der Waals surface area contributed by atoms with E-state index in [4.69, 9.17) is 5.11 Å². The topological polar surface area (TPSA) is 48.9 Å². The van der Waals surface area contributed by atoms with Gasteiger partial charge in [-0.15, -0.1) is 0 Å². The minimum atomic E-state index is -0.260. The third-order valence-electron chi connectivity index (χ3n) is 2.30. The maximum Gasteiger partial charge on any atom is 0.138 e. The number of halogens is 2. The molecule has 1 heterocycles. The molecule has 2 N–H and O–H groups in total. The van der Waals surface area contributed by atoms with E-state index in [9.17, 15) is 4.39 Å². The zero-order valence-electron chi connectivity index (χ0n) is 8.59. The third kappa shape index (κ3) is 2.01. The molecular formula is C11H10BrFN2O. The molecule has 0 aliphatic rings. The van der Waals surface area contributed by atoms with E-state index in [0.717, 1.165) is 5.56 Å². The molecule has 0 saturated heterocycles. The Morgan fingerprint density at radius 2 is 2.25 bits per heavy atom. The highest BCUT2D eigenvalue weighted by Crippen LogP contribution is 2.28. The molecular weight excluding hydrogens is 275 g/mol. The van der Waals surface area contributed by atoms with Crippen LogP contribution >= 0.6 is 15.9 Å². The number of aliphatic hydroxyl groups excluding tert-OH is 1. The summed E-state index contributed by atoms with van der Waals surface area (Å²) in [4.78, 5) is 7.07. The summed E-state index contributed by atoms with van der Waals surface area (Å²) >= 11 is 3.29. The van der Waals surface area contributed by atoms with E-state index in [2.05, 4.69) is 25.9 Å². The van der Waals surface area contributed by atoms with Gasteiger partial charge in [0.15, 0.2) is 0 Å². The predicted octanol–water partition coefficient (Wildman–Crippen LogP) is 2.78. The summed E-state index contributed by atoms with van der Waals surface area (Å²) in [5.41, 5.74) is 1.96. The van der Waals surface area contributed by atoms with Gasteiger partial charge >= 0.3 is 0 Å². The molecule has 84 valence electrons. The molecule has 0 fully saturated rings. The zero-order chi connectivity index (χ0) is 11.7. The van der Waals surface area contributed by atoms with Crippen molar-refractivity contribution in [1.29, 1.82) is 0 Å². The quantitative estimate of drug-likeness (QED) is 0.891. The first-order valence-electron chi connectivity index (χ1n) is 4.72. The molecule has 0 aliphatic heterocycles. The number of aromatic nitrogens is 2. The second-order valence-electron chi connectivity index (χ2n) is 3.50. The lowest BCUT2D eigenvalue weighted by Crippen LogP contribution is -1.89. The Kier molecular flexibility index (Phi) is 3.07. The lowest BCUT2D eigenvalue weighted by atomic mass is 10.1. The van der Waals surface area contributed by atoms with Crippen molar-refractivity contribution in [1.82, 2.24) is 9.97 Å². The van der Waals surface area contributed by atoms with E-state index in [1.807, 2.05) is 0 Å². The van der Waals surface area contributed by atoms with Crippen molar-refractivity contribution in [3.63, 3.8) is 0 Å². The molecule has 0 radical (unpaired) electrons. The van der Waals surface area contributed by atoms with Crippen molar-refractivity contribution < 1.29 is 9.50 Å².